The number of carbonyl (C=O) groups is 1. The van der Waals surface area contributed by atoms with Gasteiger partial charge in [-0.1, -0.05) is 42.5 Å². The van der Waals surface area contributed by atoms with E-state index in [1.807, 2.05) is 37.3 Å². The smallest absolute Gasteiger partial charge is 0.387 e. The standard InChI is InChI=1S/C21H26F2N4O3.HI/c1-2-24-21(27-14-19(29)25-12-15-6-4-3-5-7-15)26-13-18(28)16-8-10-17(11-9-16)30-20(22)23;/h3-11,18,20,28H,2,12-14H2,1H3,(H,25,29)(H2,24,26,27);1H. The summed E-state index contributed by atoms with van der Waals surface area (Å²) in [5.74, 6) is 0.167. The van der Waals surface area contributed by atoms with Crippen LogP contribution in [0, 0.1) is 0 Å². The van der Waals surface area contributed by atoms with Gasteiger partial charge in [-0.25, -0.2) is 4.99 Å². The van der Waals surface area contributed by atoms with Gasteiger partial charge in [0.05, 0.1) is 6.10 Å². The van der Waals surface area contributed by atoms with E-state index < -0.39 is 12.7 Å². The van der Waals surface area contributed by atoms with Crippen LogP contribution in [0.5, 0.6) is 5.75 Å². The van der Waals surface area contributed by atoms with E-state index >= 15 is 0 Å². The van der Waals surface area contributed by atoms with Gasteiger partial charge in [0.25, 0.3) is 0 Å². The molecule has 1 atom stereocenters. The number of hydrogen-bond acceptors (Lipinski definition) is 4. The minimum atomic E-state index is -2.90. The van der Waals surface area contributed by atoms with Crippen molar-refractivity contribution in [3.05, 3.63) is 65.7 Å². The zero-order valence-electron chi connectivity index (χ0n) is 17.1. The van der Waals surface area contributed by atoms with Crippen LogP contribution in [0.2, 0.25) is 0 Å². The van der Waals surface area contributed by atoms with Crippen LogP contribution in [0.25, 0.3) is 0 Å². The van der Waals surface area contributed by atoms with Crippen molar-refractivity contribution in [2.45, 2.75) is 26.2 Å². The maximum absolute atomic E-state index is 12.2. The van der Waals surface area contributed by atoms with Gasteiger partial charge in [-0.15, -0.1) is 24.0 Å². The van der Waals surface area contributed by atoms with Gasteiger partial charge in [-0.05, 0) is 30.2 Å². The van der Waals surface area contributed by atoms with Gasteiger partial charge in [0.2, 0.25) is 5.91 Å². The molecule has 7 nitrogen and oxygen atoms in total. The fourth-order valence-electron chi connectivity index (χ4n) is 2.53. The number of nitrogens with one attached hydrogen (secondary N) is 3. The Kier molecular flexibility index (Phi) is 12.4. The highest BCUT2D eigenvalue weighted by Gasteiger charge is 2.10. The maximum atomic E-state index is 12.2. The first kappa shape index (κ1) is 26.6. The lowest BCUT2D eigenvalue weighted by atomic mass is 10.1. The molecule has 0 spiro atoms. The van der Waals surface area contributed by atoms with Crippen molar-refractivity contribution >= 4 is 35.8 Å². The number of benzene rings is 2. The van der Waals surface area contributed by atoms with Gasteiger partial charge in [0, 0.05) is 19.6 Å². The SMILES string of the molecule is CCNC(=NCC(=O)NCc1ccccc1)NCC(O)c1ccc(OC(F)F)cc1.I. The molecule has 10 heteroatoms. The monoisotopic (exact) mass is 548 g/mol. The number of nitrogens with zero attached hydrogens (tertiary/aromatic N) is 1. The number of hydrogen-bond donors (Lipinski definition) is 4. The molecule has 0 fully saturated rings. The van der Waals surface area contributed by atoms with Crippen LogP contribution < -0.4 is 20.7 Å². The highest BCUT2D eigenvalue weighted by Crippen LogP contribution is 2.18. The third kappa shape index (κ3) is 10.4. The Morgan fingerprint density at radius 3 is 2.35 bits per heavy atom. The topological polar surface area (TPSA) is 95.0 Å². The van der Waals surface area contributed by atoms with E-state index in [2.05, 4.69) is 25.7 Å². The quantitative estimate of drug-likeness (QED) is 0.208. The number of alkyl halides is 2. The number of amides is 1. The minimum Gasteiger partial charge on any atom is -0.435 e. The Morgan fingerprint density at radius 2 is 1.74 bits per heavy atom. The molecule has 0 aliphatic carbocycles. The number of aliphatic imine (C=N–C) groups is 1. The zero-order valence-corrected chi connectivity index (χ0v) is 19.4. The fraction of sp³-hybridized carbons (Fsp3) is 0.333. The van der Waals surface area contributed by atoms with Crippen LogP contribution in [0.3, 0.4) is 0 Å². The lowest BCUT2D eigenvalue weighted by molar-refractivity contribution is -0.119. The van der Waals surface area contributed by atoms with Crippen LogP contribution >= 0.6 is 24.0 Å². The van der Waals surface area contributed by atoms with Crippen molar-refractivity contribution in [3.63, 3.8) is 0 Å². The van der Waals surface area contributed by atoms with Gasteiger partial charge in [-0.2, -0.15) is 8.78 Å². The second-order valence-corrected chi connectivity index (χ2v) is 6.30. The summed E-state index contributed by atoms with van der Waals surface area (Å²) in [4.78, 5) is 16.2. The van der Waals surface area contributed by atoms with Crippen LogP contribution in [-0.4, -0.2) is 43.2 Å². The van der Waals surface area contributed by atoms with Gasteiger partial charge in [0.1, 0.15) is 12.3 Å². The molecule has 170 valence electrons. The normalized spacial score (nSPS) is 12.0. The van der Waals surface area contributed by atoms with Gasteiger partial charge in [-0.3, -0.25) is 4.79 Å². The van der Waals surface area contributed by atoms with Gasteiger partial charge < -0.3 is 25.8 Å². The molecule has 31 heavy (non-hydrogen) atoms. The molecule has 2 aromatic rings. The molecule has 0 aromatic heterocycles. The first-order valence-corrected chi connectivity index (χ1v) is 9.53. The van der Waals surface area contributed by atoms with E-state index in [1.54, 1.807) is 0 Å². The van der Waals surface area contributed by atoms with E-state index in [-0.39, 0.29) is 48.7 Å². The zero-order chi connectivity index (χ0) is 21.8. The Morgan fingerprint density at radius 1 is 1.06 bits per heavy atom. The predicted octanol–water partition coefficient (Wildman–Crippen LogP) is 2.81. The third-order valence-electron chi connectivity index (χ3n) is 4.01. The van der Waals surface area contributed by atoms with Crippen LogP contribution in [-0.2, 0) is 11.3 Å². The number of guanidine groups is 1. The average Bonchev–Trinajstić information content (AvgIpc) is 2.75. The fourth-order valence-corrected chi connectivity index (χ4v) is 2.53. The van der Waals surface area contributed by atoms with E-state index in [0.717, 1.165) is 5.56 Å². The van der Waals surface area contributed by atoms with E-state index in [0.29, 0.717) is 24.6 Å². The summed E-state index contributed by atoms with van der Waals surface area (Å²) in [5.41, 5.74) is 1.52. The molecule has 0 radical (unpaired) electrons. The summed E-state index contributed by atoms with van der Waals surface area (Å²) in [6.07, 6.45) is -0.902. The van der Waals surface area contributed by atoms with Crippen LogP contribution in [0.4, 0.5) is 8.78 Å². The highest BCUT2D eigenvalue weighted by molar-refractivity contribution is 14.0. The van der Waals surface area contributed by atoms with Crippen molar-refractivity contribution in [1.29, 1.82) is 0 Å². The lowest BCUT2D eigenvalue weighted by Gasteiger charge is -2.16. The number of aliphatic hydroxyl groups excluding tert-OH is 1. The summed E-state index contributed by atoms with van der Waals surface area (Å²) in [6, 6.07) is 15.3. The van der Waals surface area contributed by atoms with Gasteiger partial charge in [0.15, 0.2) is 5.96 Å². The molecule has 2 aromatic carbocycles. The molecule has 0 saturated heterocycles. The van der Waals surface area contributed by atoms with Crippen molar-refractivity contribution in [2.24, 2.45) is 4.99 Å². The number of rotatable bonds is 10. The third-order valence-corrected chi connectivity index (χ3v) is 4.01. The van der Waals surface area contributed by atoms with Gasteiger partial charge >= 0.3 is 6.61 Å². The number of aliphatic hydroxyl groups is 1. The van der Waals surface area contributed by atoms with Crippen molar-refractivity contribution in [3.8, 4) is 5.75 Å². The van der Waals surface area contributed by atoms with E-state index in [1.165, 1.54) is 24.3 Å². The molecule has 1 unspecified atom stereocenters. The predicted molar refractivity (Wildman–Crippen MR) is 126 cm³/mol. The van der Waals surface area contributed by atoms with Crippen molar-refractivity contribution in [1.82, 2.24) is 16.0 Å². The maximum Gasteiger partial charge on any atom is 0.387 e. The summed E-state index contributed by atoms with van der Waals surface area (Å²) < 4.78 is 28.7. The molecular formula is C21H27F2IN4O3. The number of ether oxygens (including phenoxy) is 1. The highest BCUT2D eigenvalue weighted by atomic mass is 127. The second kappa shape index (κ2) is 14.5. The van der Waals surface area contributed by atoms with E-state index in [9.17, 15) is 18.7 Å². The lowest BCUT2D eigenvalue weighted by Crippen LogP contribution is -2.40. The molecule has 0 bridgehead atoms. The molecule has 0 heterocycles. The molecule has 2 rings (SSSR count). The summed E-state index contributed by atoms with van der Waals surface area (Å²) in [7, 11) is 0. The Bertz CT molecular complexity index is 808. The molecule has 4 N–H and O–H groups in total. The number of halogens is 3. The van der Waals surface area contributed by atoms with Crippen molar-refractivity contribution in [2.75, 3.05) is 19.6 Å². The second-order valence-electron chi connectivity index (χ2n) is 6.30. The van der Waals surface area contributed by atoms with Crippen LogP contribution in [0.1, 0.15) is 24.2 Å². The first-order chi connectivity index (χ1) is 14.5. The molecule has 0 saturated carbocycles. The average molecular weight is 548 g/mol. The van der Waals surface area contributed by atoms with Crippen LogP contribution in [0.15, 0.2) is 59.6 Å². The summed E-state index contributed by atoms with van der Waals surface area (Å²) in [5, 5.41) is 19.0. The molecular weight excluding hydrogens is 521 g/mol. The molecule has 0 aliphatic heterocycles. The Balaban J connectivity index is 0.00000480. The summed E-state index contributed by atoms with van der Waals surface area (Å²) in [6.45, 7) is 0.0253. The van der Waals surface area contributed by atoms with Crippen molar-refractivity contribution < 1.29 is 23.4 Å². The van der Waals surface area contributed by atoms with E-state index in [4.69, 9.17) is 0 Å². The number of carbonyl (C=O) groups excluding carboxylic acids is 1. The first-order valence-electron chi connectivity index (χ1n) is 9.53. The Hall–Kier alpha value is -2.47. The summed E-state index contributed by atoms with van der Waals surface area (Å²) >= 11 is 0. The minimum absolute atomic E-state index is 0. The Labute approximate surface area is 197 Å². The largest absolute Gasteiger partial charge is 0.435 e. The molecule has 0 aliphatic rings. The molecule has 1 amide bonds.